The van der Waals surface area contributed by atoms with Crippen molar-refractivity contribution >= 4 is 11.9 Å². The van der Waals surface area contributed by atoms with Crippen LogP contribution in [0, 0.1) is 0 Å². The van der Waals surface area contributed by atoms with Crippen molar-refractivity contribution in [2.24, 2.45) is 0 Å². The molecular weight excluding hydrogens is 272 g/mol. The highest BCUT2D eigenvalue weighted by molar-refractivity contribution is 5.77. The number of carboxylic acids is 1. The van der Waals surface area contributed by atoms with E-state index in [4.69, 9.17) is 5.11 Å². The van der Waals surface area contributed by atoms with Crippen LogP contribution in [0.4, 0.5) is 0 Å². The Hall–Kier alpha value is -1.92. The van der Waals surface area contributed by atoms with Crippen molar-refractivity contribution in [1.82, 2.24) is 19.7 Å². The number of carboxylic acid groups (broad SMARTS) is 1. The van der Waals surface area contributed by atoms with Crippen molar-refractivity contribution in [1.29, 1.82) is 0 Å². The summed E-state index contributed by atoms with van der Waals surface area (Å²) in [5.41, 5.74) is 0. The molecule has 1 saturated carbocycles. The van der Waals surface area contributed by atoms with Gasteiger partial charge in [0.05, 0.1) is 0 Å². The molecule has 1 amide bonds. The monoisotopic (exact) mass is 292 g/mol. The van der Waals surface area contributed by atoms with Crippen molar-refractivity contribution in [3.8, 4) is 0 Å². The smallest absolute Gasteiger partial charge is 0.325 e. The Morgan fingerprint density at radius 3 is 2.81 bits per heavy atom. The summed E-state index contributed by atoms with van der Waals surface area (Å²) in [7, 11) is 0. The van der Waals surface area contributed by atoms with Crippen LogP contribution in [0.15, 0.2) is 0 Å². The highest BCUT2D eigenvalue weighted by atomic mass is 16.4. The second kappa shape index (κ2) is 5.83. The number of aromatic nitrogens is 3. The summed E-state index contributed by atoms with van der Waals surface area (Å²) in [6.07, 6.45) is 5.25. The van der Waals surface area contributed by atoms with Gasteiger partial charge in [0.15, 0.2) is 5.82 Å². The maximum Gasteiger partial charge on any atom is 0.325 e. The molecule has 1 saturated heterocycles. The van der Waals surface area contributed by atoms with Gasteiger partial charge in [0.25, 0.3) is 0 Å². The first-order chi connectivity index (χ1) is 10.1. The molecule has 21 heavy (non-hydrogen) atoms. The van der Waals surface area contributed by atoms with Crippen LogP contribution in [0.1, 0.15) is 49.7 Å². The Kier molecular flexibility index (Phi) is 3.90. The third kappa shape index (κ3) is 3.40. The summed E-state index contributed by atoms with van der Waals surface area (Å²) in [5, 5.41) is 13.3. The Balaban J connectivity index is 1.60. The summed E-state index contributed by atoms with van der Waals surface area (Å²) < 4.78 is 1.50. The molecule has 1 aromatic rings. The topological polar surface area (TPSA) is 88.3 Å². The summed E-state index contributed by atoms with van der Waals surface area (Å²) in [6.45, 7) is 1.42. The Morgan fingerprint density at radius 2 is 2.19 bits per heavy atom. The van der Waals surface area contributed by atoms with E-state index >= 15 is 0 Å². The van der Waals surface area contributed by atoms with Crippen LogP contribution in [0.3, 0.4) is 0 Å². The quantitative estimate of drug-likeness (QED) is 0.803. The van der Waals surface area contributed by atoms with Gasteiger partial charge in [-0.15, -0.1) is 0 Å². The van der Waals surface area contributed by atoms with Gasteiger partial charge < -0.3 is 10.0 Å². The molecule has 114 valence electrons. The molecule has 0 aromatic carbocycles. The average Bonchev–Trinajstić information content (AvgIpc) is 3.10. The number of carbonyl (C=O) groups excluding carboxylic acids is 1. The van der Waals surface area contributed by atoms with E-state index in [1.807, 2.05) is 4.90 Å². The normalized spacial score (nSPS) is 18.5. The Labute approximate surface area is 123 Å². The molecule has 7 nitrogen and oxygen atoms in total. The lowest BCUT2D eigenvalue weighted by atomic mass is 10.2. The minimum absolute atomic E-state index is 0.141. The van der Waals surface area contributed by atoms with Gasteiger partial charge >= 0.3 is 5.97 Å². The Bertz CT molecular complexity index is 550. The lowest BCUT2D eigenvalue weighted by Gasteiger charge is -2.14. The van der Waals surface area contributed by atoms with Crippen LogP contribution in [-0.2, 0) is 22.6 Å². The molecule has 3 rings (SSSR count). The van der Waals surface area contributed by atoms with E-state index in [0.29, 0.717) is 18.8 Å². The number of rotatable bonds is 7. The summed E-state index contributed by atoms with van der Waals surface area (Å²) in [5.74, 6) is 1.24. The zero-order valence-corrected chi connectivity index (χ0v) is 12.0. The number of aryl methyl sites for hydroxylation is 1. The first-order valence-electron chi connectivity index (χ1n) is 7.56. The van der Waals surface area contributed by atoms with E-state index in [0.717, 1.165) is 50.4 Å². The van der Waals surface area contributed by atoms with Crippen molar-refractivity contribution in [3.05, 3.63) is 11.6 Å². The molecule has 0 spiro atoms. The molecule has 1 aromatic heterocycles. The summed E-state index contributed by atoms with van der Waals surface area (Å²) in [4.78, 5) is 28.8. The number of likely N-dealkylation sites (tertiary alicyclic amines) is 1. The first-order valence-corrected chi connectivity index (χ1v) is 7.56. The van der Waals surface area contributed by atoms with Crippen LogP contribution in [-0.4, -0.2) is 49.7 Å². The van der Waals surface area contributed by atoms with E-state index in [-0.39, 0.29) is 12.5 Å². The number of hydrogen-bond acceptors (Lipinski definition) is 4. The fraction of sp³-hybridized carbons (Fsp3) is 0.714. The second-order valence-corrected chi connectivity index (χ2v) is 5.80. The highest BCUT2D eigenvalue weighted by Crippen LogP contribution is 2.38. The van der Waals surface area contributed by atoms with Crippen molar-refractivity contribution in [2.75, 3.05) is 13.1 Å². The predicted octanol–water partition coefficient (Wildman–Crippen LogP) is 0.795. The summed E-state index contributed by atoms with van der Waals surface area (Å²) >= 11 is 0. The van der Waals surface area contributed by atoms with Gasteiger partial charge in [0, 0.05) is 31.8 Å². The highest BCUT2D eigenvalue weighted by Gasteiger charge is 2.29. The predicted molar refractivity (Wildman–Crippen MR) is 73.8 cm³/mol. The van der Waals surface area contributed by atoms with Crippen LogP contribution < -0.4 is 0 Å². The van der Waals surface area contributed by atoms with Crippen LogP contribution >= 0.6 is 0 Å². The van der Waals surface area contributed by atoms with E-state index in [9.17, 15) is 9.59 Å². The molecule has 2 heterocycles. The zero-order valence-electron chi connectivity index (χ0n) is 12.0. The van der Waals surface area contributed by atoms with E-state index in [1.54, 1.807) is 0 Å². The number of aliphatic carboxylic acids is 1. The van der Waals surface area contributed by atoms with Gasteiger partial charge in [-0.25, -0.2) is 9.67 Å². The molecule has 7 heteroatoms. The van der Waals surface area contributed by atoms with Gasteiger partial charge in [-0.3, -0.25) is 9.59 Å². The van der Waals surface area contributed by atoms with Gasteiger partial charge in [0.1, 0.15) is 12.4 Å². The molecule has 0 bridgehead atoms. The van der Waals surface area contributed by atoms with E-state index in [2.05, 4.69) is 10.1 Å². The zero-order chi connectivity index (χ0) is 14.8. The van der Waals surface area contributed by atoms with E-state index in [1.165, 1.54) is 4.68 Å². The first kappa shape index (κ1) is 14.0. The number of carbonyl (C=O) groups is 2. The molecule has 1 N–H and O–H groups in total. The molecule has 1 aliphatic carbocycles. The molecule has 2 aliphatic rings. The number of nitrogens with zero attached hydrogens (tertiary/aromatic N) is 4. The minimum Gasteiger partial charge on any atom is -0.480 e. The minimum atomic E-state index is -0.904. The van der Waals surface area contributed by atoms with Crippen LogP contribution in [0.5, 0.6) is 0 Å². The standard InChI is InChI=1S/C14H20N4O3/c19-12-4-2-8-17(12)7-1-3-11-15-14(10-5-6-10)16-18(11)9-13(20)21/h10H,1-9H2,(H,20,21). The molecule has 2 fully saturated rings. The third-order valence-corrected chi connectivity index (χ3v) is 3.99. The lowest BCUT2D eigenvalue weighted by Crippen LogP contribution is -2.26. The second-order valence-electron chi connectivity index (χ2n) is 5.80. The maximum absolute atomic E-state index is 11.5. The summed E-state index contributed by atoms with van der Waals surface area (Å²) in [6, 6.07) is 0. The largest absolute Gasteiger partial charge is 0.480 e. The molecule has 0 unspecified atom stereocenters. The third-order valence-electron chi connectivity index (χ3n) is 3.99. The SMILES string of the molecule is O=C(O)Cn1nc(C2CC2)nc1CCCN1CCCC1=O. The van der Waals surface area contributed by atoms with Gasteiger partial charge in [-0.05, 0) is 25.7 Å². The fourth-order valence-corrected chi connectivity index (χ4v) is 2.72. The molecule has 0 radical (unpaired) electrons. The molecule has 0 atom stereocenters. The maximum atomic E-state index is 11.5. The van der Waals surface area contributed by atoms with E-state index < -0.39 is 5.97 Å². The number of amides is 1. The Morgan fingerprint density at radius 1 is 1.38 bits per heavy atom. The van der Waals surface area contributed by atoms with Gasteiger partial charge in [-0.2, -0.15) is 5.10 Å². The van der Waals surface area contributed by atoms with Gasteiger partial charge in [-0.1, -0.05) is 0 Å². The fourth-order valence-electron chi connectivity index (χ4n) is 2.72. The average molecular weight is 292 g/mol. The molecular formula is C14H20N4O3. The van der Waals surface area contributed by atoms with Crippen LogP contribution in [0.2, 0.25) is 0 Å². The molecule has 1 aliphatic heterocycles. The van der Waals surface area contributed by atoms with Gasteiger partial charge in [0.2, 0.25) is 5.91 Å². The lowest BCUT2D eigenvalue weighted by molar-refractivity contribution is -0.138. The van der Waals surface area contributed by atoms with Crippen molar-refractivity contribution < 1.29 is 14.7 Å². The van der Waals surface area contributed by atoms with Crippen molar-refractivity contribution in [3.63, 3.8) is 0 Å². The number of hydrogen-bond donors (Lipinski definition) is 1. The van der Waals surface area contributed by atoms with Crippen molar-refractivity contribution in [2.45, 2.75) is 51.0 Å². The van der Waals surface area contributed by atoms with Crippen LogP contribution in [0.25, 0.3) is 0 Å².